The normalized spacial score (nSPS) is 59.0. The quantitative estimate of drug-likeness (QED) is 0.425. The summed E-state index contributed by atoms with van der Waals surface area (Å²) in [4.78, 5) is 12.4. The molecule has 0 aromatic heterocycles. The van der Waals surface area contributed by atoms with Gasteiger partial charge in [-0.3, -0.25) is 10.2 Å². The highest BCUT2D eigenvalue weighted by molar-refractivity contribution is 7.80. The van der Waals surface area contributed by atoms with Crippen molar-refractivity contribution in [1.82, 2.24) is 5.43 Å². The standard InChI is InChI=1S/C13H15N3O2S/c1-18-11(17)13-4-2-3-5-6(4)9(13)7(5)10(8(3)13)15-16-12(14)19/h3-9H,2H2,1H3,(H3,14,16,19)/b15-10-/t3-,4-,5-,6-,7+,8-,9+,13+/m0/s1. The van der Waals surface area contributed by atoms with Gasteiger partial charge in [-0.1, -0.05) is 0 Å². The van der Waals surface area contributed by atoms with Gasteiger partial charge in [0.15, 0.2) is 5.11 Å². The van der Waals surface area contributed by atoms with Crippen LogP contribution in [0, 0.1) is 46.8 Å². The minimum atomic E-state index is -0.236. The number of hydrazone groups is 1. The second-order valence-corrected chi connectivity index (χ2v) is 7.07. The second-order valence-electron chi connectivity index (χ2n) is 6.63. The number of carbonyl (C=O) groups excluding carboxylic acids is 1. The van der Waals surface area contributed by atoms with E-state index in [4.69, 9.17) is 22.7 Å². The highest BCUT2D eigenvalue weighted by Gasteiger charge is 2.95. The number of hydrogen-bond donors (Lipinski definition) is 2. The topological polar surface area (TPSA) is 76.7 Å². The fraction of sp³-hybridized carbons (Fsp3) is 0.769. The maximum atomic E-state index is 12.4. The lowest BCUT2D eigenvalue weighted by molar-refractivity contribution is -0.246. The predicted molar refractivity (Wildman–Crippen MR) is 70.9 cm³/mol. The van der Waals surface area contributed by atoms with Gasteiger partial charge in [0, 0.05) is 17.5 Å². The number of nitrogens with two attached hydrogens (primary N) is 1. The van der Waals surface area contributed by atoms with Gasteiger partial charge in [0.05, 0.1) is 12.5 Å². The fourth-order valence-corrected chi connectivity index (χ4v) is 6.85. The highest BCUT2D eigenvalue weighted by atomic mass is 32.1. The summed E-state index contributed by atoms with van der Waals surface area (Å²) < 4.78 is 5.13. The van der Waals surface area contributed by atoms with Gasteiger partial charge in [0.2, 0.25) is 0 Å². The van der Waals surface area contributed by atoms with Crippen LogP contribution in [0.5, 0.6) is 0 Å². The summed E-state index contributed by atoms with van der Waals surface area (Å²) in [7, 11) is 1.51. The Kier molecular flexibility index (Phi) is 1.56. The Morgan fingerprint density at radius 3 is 3.05 bits per heavy atom. The van der Waals surface area contributed by atoms with Gasteiger partial charge in [-0.15, -0.1) is 0 Å². The number of methoxy groups -OCH3 is 1. The minimum Gasteiger partial charge on any atom is -0.469 e. The molecule has 0 radical (unpaired) electrons. The summed E-state index contributed by atoms with van der Waals surface area (Å²) in [6, 6.07) is 0. The van der Waals surface area contributed by atoms with E-state index in [1.54, 1.807) is 0 Å². The van der Waals surface area contributed by atoms with E-state index >= 15 is 0 Å². The summed E-state index contributed by atoms with van der Waals surface area (Å²) in [6.07, 6.45) is 1.19. The van der Waals surface area contributed by atoms with Crippen LogP contribution in [-0.2, 0) is 9.53 Å². The van der Waals surface area contributed by atoms with Crippen molar-refractivity contribution in [3.8, 4) is 0 Å². The molecule has 0 saturated heterocycles. The van der Waals surface area contributed by atoms with Gasteiger partial charge in [-0.2, -0.15) is 5.10 Å². The molecule has 6 saturated carbocycles. The number of thiocarbonyl (C=S) groups is 1. The van der Waals surface area contributed by atoms with Crippen molar-refractivity contribution in [2.24, 2.45) is 57.7 Å². The molecule has 0 spiro atoms. The highest BCUT2D eigenvalue weighted by Crippen LogP contribution is 2.92. The van der Waals surface area contributed by atoms with Crippen molar-refractivity contribution >= 4 is 29.0 Å². The number of nitrogens with zero attached hydrogens (tertiary/aromatic N) is 1. The van der Waals surface area contributed by atoms with Crippen LogP contribution in [-0.4, -0.2) is 23.9 Å². The molecule has 0 aromatic carbocycles. The van der Waals surface area contributed by atoms with Crippen LogP contribution >= 0.6 is 12.2 Å². The van der Waals surface area contributed by atoms with Gasteiger partial charge < -0.3 is 10.5 Å². The number of esters is 1. The second kappa shape index (κ2) is 2.80. The zero-order valence-electron chi connectivity index (χ0n) is 10.5. The van der Waals surface area contributed by atoms with Crippen LogP contribution < -0.4 is 11.2 Å². The predicted octanol–water partition coefficient (Wildman–Crippen LogP) is 0.106. The molecule has 6 aliphatic rings. The van der Waals surface area contributed by atoms with Crippen LogP contribution in [0.2, 0.25) is 0 Å². The summed E-state index contributed by atoms with van der Waals surface area (Å²) in [5.74, 6) is 4.01. The lowest BCUT2D eigenvalue weighted by atomic mass is 9.34. The third-order valence-corrected chi connectivity index (χ3v) is 6.84. The molecule has 100 valence electrons. The monoisotopic (exact) mass is 277 g/mol. The Morgan fingerprint density at radius 1 is 1.58 bits per heavy atom. The van der Waals surface area contributed by atoms with Crippen molar-refractivity contribution in [3.05, 3.63) is 0 Å². The van der Waals surface area contributed by atoms with Gasteiger partial charge in [-0.05, 0) is 48.2 Å². The van der Waals surface area contributed by atoms with E-state index in [0.717, 1.165) is 17.5 Å². The van der Waals surface area contributed by atoms with Crippen LogP contribution in [0.1, 0.15) is 6.42 Å². The van der Waals surface area contributed by atoms with E-state index in [-0.39, 0.29) is 22.4 Å². The Labute approximate surface area is 115 Å². The van der Waals surface area contributed by atoms with E-state index in [1.807, 2.05) is 0 Å². The van der Waals surface area contributed by atoms with Crippen molar-refractivity contribution in [2.75, 3.05) is 7.11 Å². The molecule has 0 aromatic rings. The first kappa shape index (κ1) is 10.6. The van der Waals surface area contributed by atoms with Crippen LogP contribution in [0.4, 0.5) is 0 Å². The lowest BCUT2D eigenvalue weighted by Gasteiger charge is -2.68. The third-order valence-electron chi connectivity index (χ3n) is 6.75. The first-order valence-corrected chi connectivity index (χ1v) is 7.26. The van der Waals surface area contributed by atoms with Gasteiger partial charge in [-0.25, -0.2) is 0 Å². The zero-order valence-corrected chi connectivity index (χ0v) is 11.3. The average Bonchev–Trinajstić information content (AvgIpc) is 2.84. The van der Waals surface area contributed by atoms with Gasteiger partial charge >= 0.3 is 5.97 Å². The molecule has 5 nitrogen and oxygen atoms in total. The summed E-state index contributed by atoms with van der Waals surface area (Å²) in [6.45, 7) is 0. The van der Waals surface area contributed by atoms with Crippen molar-refractivity contribution in [3.63, 3.8) is 0 Å². The zero-order chi connectivity index (χ0) is 13.1. The summed E-state index contributed by atoms with van der Waals surface area (Å²) >= 11 is 4.82. The third kappa shape index (κ3) is 0.759. The molecule has 0 amide bonds. The largest absolute Gasteiger partial charge is 0.469 e. The molecule has 4 bridgehead atoms. The first-order chi connectivity index (χ1) is 9.14. The maximum absolute atomic E-state index is 12.4. The number of hydrogen-bond acceptors (Lipinski definition) is 4. The summed E-state index contributed by atoms with van der Waals surface area (Å²) in [5.41, 5.74) is 9.10. The van der Waals surface area contributed by atoms with Gasteiger partial charge in [0.25, 0.3) is 0 Å². The molecule has 6 fully saturated rings. The van der Waals surface area contributed by atoms with E-state index < -0.39 is 0 Å². The van der Waals surface area contributed by atoms with E-state index in [1.165, 1.54) is 13.5 Å². The van der Waals surface area contributed by atoms with Crippen molar-refractivity contribution in [2.45, 2.75) is 6.42 Å². The molecule has 0 unspecified atom stereocenters. The van der Waals surface area contributed by atoms with E-state index in [9.17, 15) is 4.79 Å². The van der Waals surface area contributed by atoms with Crippen molar-refractivity contribution in [1.29, 1.82) is 0 Å². The average molecular weight is 277 g/mol. The smallest absolute Gasteiger partial charge is 0.313 e. The maximum Gasteiger partial charge on any atom is 0.313 e. The van der Waals surface area contributed by atoms with E-state index in [2.05, 4.69) is 10.5 Å². The molecule has 19 heavy (non-hydrogen) atoms. The Morgan fingerprint density at radius 2 is 2.37 bits per heavy atom. The van der Waals surface area contributed by atoms with Crippen LogP contribution in [0.25, 0.3) is 0 Å². The number of nitrogens with one attached hydrogen (secondary N) is 1. The number of rotatable bonds is 2. The molecule has 0 aliphatic heterocycles. The molecular weight excluding hydrogens is 262 g/mol. The van der Waals surface area contributed by atoms with Crippen LogP contribution in [0.3, 0.4) is 0 Å². The van der Waals surface area contributed by atoms with Gasteiger partial charge in [0.1, 0.15) is 0 Å². The molecule has 3 N–H and O–H groups in total. The molecule has 6 aliphatic carbocycles. The number of carbonyl (C=O) groups is 1. The molecule has 8 atom stereocenters. The SMILES string of the molecule is COC(=O)[C@@]12[C@H]3[C@@H]4/C(=N/NC(N)=S)[C@@H]1[C@H]1C[C@H]2[C@H]3[C@H]14. The molecule has 0 heterocycles. The fourth-order valence-electron chi connectivity index (χ4n) is 6.81. The summed E-state index contributed by atoms with van der Waals surface area (Å²) in [5, 5.41) is 4.63. The lowest BCUT2D eigenvalue weighted by Crippen LogP contribution is -2.70. The minimum absolute atomic E-state index is 0.00470. The molecule has 6 rings (SSSR count). The Hall–Kier alpha value is -1.17. The Bertz CT molecular complexity index is 576. The van der Waals surface area contributed by atoms with Crippen LogP contribution in [0.15, 0.2) is 5.10 Å². The Balaban J connectivity index is 1.61. The first-order valence-electron chi connectivity index (χ1n) is 6.85. The number of ether oxygens (including phenoxy) is 1. The van der Waals surface area contributed by atoms with Crippen molar-refractivity contribution < 1.29 is 9.53 Å². The molecule has 6 heteroatoms. The molecular formula is C13H15N3O2S. The van der Waals surface area contributed by atoms with E-state index in [0.29, 0.717) is 23.7 Å².